The molecule has 1 saturated heterocycles. The second-order valence-corrected chi connectivity index (χ2v) is 9.74. The van der Waals surface area contributed by atoms with Gasteiger partial charge in [0.05, 0.1) is 9.82 Å². The molecule has 2 aliphatic rings. The van der Waals surface area contributed by atoms with Crippen LogP contribution in [0.5, 0.6) is 0 Å². The summed E-state index contributed by atoms with van der Waals surface area (Å²) >= 11 is 0. The van der Waals surface area contributed by atoms with E-state index in [4.69, 9.17) is 0 Å². The highest BCUT2D eigenvalue weighted by atomic mass is 32.2. The van der Waals surface area contributed by atoms with Crippen LogP contribution in [-0.4, -0.2) is 44.1 Å². The molecule has 1 saturated carbocycles. The standard InChI is InChI=1S/C19H25F2N3O5S/c20-19(21)30(28,29)15-6-7-16(17(12-15)24(26)27)23-10-8-14(9-11-23)22-18(25)13-4-2-1-3-5-13/h6-7,12-14,19H,1-5,8-11H2,(H,22,25). The van der Waals surface area contributed by atoms with Gasteiger partial charge in [-0.3, -0.25) is 14.9 Å². The molecule has 0 spiro atoms. The molecule has 0 radical (unpaired) electrons. The number of piperidine rings is 1. The van der Waals surface area contributed by atoms with Crippen molar-refractivity contribution in [2.24, 2.45) is 5.92 Å². The Morgan fingerprint density at radius 2 is 1.77 bits per heavy atom. The molecule has 1 aromatic rings. The molecule has 0 unspecified atom stereocenters. The van der Waals surface area contributed by atoms with Crippen LogP contribution in [0.4, 0.5) is 20.2 Å². The molecule has 8 nitrogen and oxygen atoms in total. The number of rotatable bonds is 6. The topological polar surface area (TPSA) is 110 Å². The van der Waals surface area contributed by atoms with Crippen LogP contribution in [0, 0.1) is 16.0 Å². The number of nitro benzene ring substituents is 1. The second-order valence-electron chi connectivity index (χ2n) is 7.82. The molecule has 1 amide bonds. The summed E-state index contributed by atoms with van der Waals surface area (Å²) in [4.78, 5) is 24.0. The fraction of sp³-hybridized carbons (Fsp3) is 0.632. The van der Waals surface area contributed by atoms with Crippen LogP contribution >= 0.6 is 0 Å². The molecule has 1 aromatic carbocycles. The van der Waals surface area contributed by atoms with Crippen molar-refractivity contribution in [3.05, 3.63) is 28.3 Å². The van der Waals surface area contributed by atoms with Crippen LogP contribution < -0.4 is 10.2 Å². The van der Waals surface area contributed by atoms with Crippen LogP contribution in [-0.2, 0) is 14.6 Å². The number of hydrogen-bond donors (Lipinski definition) is 1. The number of amides is 1. The lowest BCUT2D eigenvalue weighted by atomic mass is 9.88. The molecule has 1 aliphatic heterocycles. The van der Waals surface area contributed by atoms with Gasteiger partial charge in [-0.2, -0.15) is 8.78 Å². The third kappa shape index (κ3) is 4.88. The zero-order chi connectivity index (χ0) is 21.9. The number of hydrogen-bond acceptors (Lipinski definition) is 6. The first-order valence-corrected chi connectivity index (χ1v) is 11.6. The van der Waals surface area contributed by atoms with Crippen molar-refractivity contribution in [3.8, 4) is 0 Å². The zero-order valence-electron chi connectivity index (χ0n) is 16.4. The van der Waals surface area contributed by atoms with Gasteiger partial charge in [0.15, 0.2) is 0 Å². The maximum Gasteiger partial charge on any atom is 0.341 e. The average molecular weight is 445 g/mol. The Labute approximate surface area is 173 Å². The first-order chi connectivity index (χ1) is 14.2. The summed E-state index contributed by atoms with van der Waals surface area (Å²) in [6, 6.07) is 2.84. The molecule has 3 rings (SSSR count). The number of nitrogens with zero attached hydrogens (tertiary/aromatic N) is 2. The molecule has 0 aromatic heterocycles. The highest BCUT2D eigenvalue weighted by Crippen LogP contribution is 2.34. The first kappa shape index (κ1) is 22.4. The number of nitrogens with one attached hydrogen (secondary N) is 1. The lowest BCUT2D eigenvalue weighted by Crippen LogP contribution is -2.46. The van der Waals surface area contributed by atoms with Crippen LogP contribution in [0.1, 0.15) is 44.9 Å². The Balaban J connectivity index is 1.67. The summed E-state index contributed by atoms with van der Waals surface area (Å²) < 4.78 is 48.8. The molecule has 2 fully saturated rings. The van der Waals surface area contributed by atoms with E-state index in [-0.39, 0.29) is 23.6 Å². The molecule has 1 heterocycles. The quantitative estimate of drug-likeness (QED) is 0.532. The summed E-state index contributed by atoms with van der Waals surface area (Å²) in [5.41, 5.74) is -0.341. The Bertz CT molecular complexity index is 895. The van der Waals surface area contributed by atoms with Gasteiger partial charge in [-0.1, -0.05) is 19.3 Å². The van der Waals surface area contributed by atoms with Gasteiger partial charge in [-0.05, 0) is 37.8 Å². The van der Waals surface area contributed by atoms with Gasteiger partial charge in [0.25, 0.3) is 5.69 Å². The maximum atomic E-state index is 12.8. The van der Waals surface area contributed by atoms with Gasteiger partial charge < -0.3 is 10.2 Å². The van der Waals surface area contributed by atoms with Gasteiger partial charge in [0.1, 0.15) is 5.69 Å². The van der Waals surface area contributed by atoms with E-state index in [1.807, 2.05) is 0 Å². The van der Waals surface area contributed by atoms with Gasteiger partial charge >= 0.3 is 5.76 Å². The van der Waals surface area contributed by atoms with Crippen molar-refractivity contribution in [1.29, 1.82) is 0 Å². The van der Waals surface area contributed by atoms with E-state index < -0.39 is 31.1 Å². The fourth-order valence-electron chi connectivity index (χ4n) is 4.15. The highest BCUT2D eigenvalue weighted by Gasteiger charge is 2.32. The van der Waals surface area contributed by atoms with Gasteiger partial charge in [0, 0.05) is 31.1 Å². The summed E-state index contributed by atoms with van der Waals surface area (Å²) in [6.45, 7) is 0.856. The minimum absolute atomic E-state index is 0.0202. The van der Waals surface area contributed by atoms with Crippen LogP contribution in [0.3, 0.4) is 0 Å². The number of alkyl halides is 2. The molecular formula is C19H25F2N3O5S. The van der Waals surface area contributed by atoms with E-state index in [9.17, 15) is 32.1 Å². The lowest BCUT2D eigenvalue weighted by molar-refractivity contribution is -0.384. The van der Waals surface area contributed by atoms with Crippen molar-refractivity contribution in [1.82, 2.24) is 5.32 Å². The molecule has 30 heavy (non-hydrogen) atoms. The van der Waals surface area contributed by atoms with Gasteiger partial charge in [-0.15, -0.1) is 0 Å². The largest absolute Gasteiger partial charge is 0.366 e. The summed E-state index contributed by atoms with van der Waals surface area (Å²) in [7, 11) is -4.92. The van der Waals surface area contributed by atoms with Crippen molar-refractivity contribution in [2.75, 3.05) is 18.0 Å². The predicted molar refractivity (Wildman–Crippen MR) is 106 cm³/mol. The number of carbonyl (C=O) groups excluding carboxylic acids is 1. The predicted octanol–water partition coefficient (Wildman–Crippen LogP) is 3.26. The van der Waals surface area contributed by atoms with Crippen molar-refractivity contribution in [2.45, 2.75) is 61.6 Å². The van der Waals surface area contributed by atoms with Crippen molar-refractivity contribution >= 4 is 27.1 Å². The molecule has 1 aliphatic carbocycles. The number of halogens is 2. The molecule has 1 N–H and O–H groups in total. The lowest BCUT2D eigenvalue weighted by Gasteiger charge is -2.34. The minimum Gasteiger partial charge on any atom is -0.366 e. The monoisotopic (exact) mass is 445 g/mol. The minimum atomic E-state index is -4.92. The van der Waals surface area contributed by atoms with E-state index in [0.717, 1.165) is 31.7 Å². The molecular weight excluding hydrogens is 420 g/mol. The smallest absolute Gasteiger partial charge is 0.341 e. The van der Waals surface area contributed by atoms with Crippen LogP contribution in [0.25, 0.3) is 0 Å². The number of anilines is 1. The third-order valence-corrected chi connectivity index (χ3v) is 7.24. The van der Waals surface area contributed by atoms with E-state index in [0.29, 0.717) is 32.0 Å². The Hall–Kier alpha value is -2.30. The van der Waals surface area contributed by atoms with E-state index >= 15 is 0 Å². The Kier molecular flexibility index (Phi) is 6.89. The first-order valence-electron chi connectivity index (χ1n) is 10.1. The fourth-order valence-corrected chi connectivity index (χ4v) is 4.88. The van der Waals surface area contributed by atoms with E-state index in [1.165, 1.54) is 12.5 Å². The third-order valence-electron chi connectivity index (χ3n) is 5.86. The van der Waals surface area contributed by atoms with Crippen LogP contribution in [0.15, 0.2) is 23.1 Å². The van der Waals surface area contributed by atoms with Crippen LogP contribution in [0.2, 0.25) is 0 Å². The second kappa shape index (κ2) is 9.23. The summed E-state index contributed by atoms with van der Waals surface area (Å²) in [5, 5.41) is 14.5. The number of nitro groups is 1. The van der Waals surface area contributed by atoms with Gasteiger partial charge in [-0.25, -0.2) is 8.42 Å². The molecule has 166 valence electrons. The molecule has 0 atom stereocenters. The highest BCUT2D eigenvalue weighted by molar-refractivity contribution is 7.91. The maximum absolute atomic E-state index is 12.8. The number of sulfone groups is 1. The normalized spacial score (nSPS) is 19.1. The van der Waals surface area contributed by atoms with Gasteiger partial charge in [0.2, 0.25) is 15.7 Å². The number of benzene rings is 1. The number of carbonyl (C=O) groups is 1. The molecule has 0 bridgehead atoms. The SMILES string of the molecule is O=C(NC1CCN(c2ccc(S(=O)(=O)C(F)F)cc2[N+](=O)[O-])CC1)C1CCCCC1. The van der Waals surface area contributed by atoms with Crippen molar-refractivity contribution in [3.63, 3.8) is 0 Å². The van der Waals surface area contributed by atoms with E-state index in [1.54, 1.807) is 4.90 Å². The Morgan fingerprint density at radius 1 is 1.13 bits per heavy atom. The Morgan fingerprint density at radius 3 is 2.33 bits per heavy atom. The average Bonchev–Trinajstić information content (AvgIpc) is 2.74. The van der Waals surface area contributed by atoms with Crippen molar-refractivity contribution < 1.29 is 26.9 Å². The van der Waals surface area contributed by atoms with E-state index in [2.05, 4.69) is 5.32 Å². The summed E-state index contributed by atoms with van der Waals surface area (Å²) in [6.07, 6.45) is 6.29. The molecule has 11 heteroatoms. The zero-order valence-corrected chi connectivity index (χ0v) is 17.2. The summed E-state index contributed by atoms with van der Waals surface area (Å²) in [5.74, 6) is -3.52.